The standard InChI is InChI=1S/C14H16N2O3/c1-2-9-6-12-13(18-5-3-4-17-12)7-10(9)11-8-16-19-14(11)15/h6-8H,2-5,15H2,1H3. The number of nitrogens with zero attached hydrogens (tertiary/aromatic N) is 1. The fourth-order valence-electron chi connectivity index (χ4n) is 2.24. The van der Waals surface area contributed by atoms with Crippen LogP contribution in [0, 0.1) is 0 Å². The highest BCUT2D eigenvalue weighted by atomic mass is 16.5. The SMILES string of the molecule is CCc1cc2c(cc1-c1cnoc1N)OCCCO2. The lowest BCUT2D eigenvalue weighted by Gasteiger charge is -2.13. The number of nitrogen functional groups attached to an aromatic ring is 1. The first-order valence-electron chi connectivity index (χ1n) is 6.42. The molecule has 0 atom stereocenters. The van der Waals surface area contributed by atoms with Gasteiger partial charge in [-0.2, -0.15) is 0 Å². The quantitative estimate of drug-likeness (QED) is 0.898. The lowest BCUT2D eigenvalue weighted by atomic mass is 9.99. The average Bonchev–Trinajstić information content (AvgIpc) is 2.72. The molecule has 0 unspecified atom stereocenters. The van der Waals surface area contributed by atoms with Crippen LogP contribution in [0.4, 0.5) is 5.88 Å². The molecule has 5 nitrogen and oxygen atoms in total. The number of anilines is 1. The zero-order valence-corrected chi connectivity index (χ0v) is 10.8. The van der Waals surface area contributed by atoms with E-state index in [-0.39, 0.29) is 0 Å². The summed E-state index contributed by atoms with van der Waals surface area (Å²) >= 11 is 0. The van der Waals surface area contributed by atoms with Crippen molar-refractivity contribution in [2.75, 3.05) is 18.9 Å². The molecule has 1 aromatic heterocycles. The smallest absolute Gasteiger partial charge is 0.229 e. The van der Waals surface area contributed by atoms with E-state index in [9.17, 15) is 0 Å². The summed E-state index contributed by atoms with van der Waals surface area (Å²) in [5.41, 5.74) is 8.73. The largest absolute Gasteiger partial charge is 0.490 e. The first kappa shape index (κ1) is 11.9. The maximum Gasteiger partial charge on any atom is 0.229 e. The molecular weight excluding hydrogens is 244 g/mol. The maximum absolute atomic E-state index is 5.80. The molecule has 1 aliphatic heterocycles. The minimum absolute atomic E-state index is 0.323. The number of aromatic nitrogens is 1. The first-order chi connectivity index (χ1) is 9.29. The predicted octanol–water partition coefficient (Wildman–Crippen LogP) is 2.65. The number of aryl methyl sites for hydroxylation is 1. The fourth-order valence-corrected chi connectivity index (χ4v) is 2.24. The van der Waals surface area contributed by atoms with Gasteiger partial charge in [0.25, 0.3) is 0 Å². The van der Waals surface area contributed by atoms with Crippen LogP contribution in [0.1, 0.15) is 18.9 Å². The molecule has 0 saturated carbocycles. The van der Waals surface area contributed by atoms with E-state index in [4.69, 9.17) is 19.7 Å². The highest BCUT2D eigenvalue weighted by Crippen LogP contribution is 2.39. The van der Waals surface area contributed by atoms with E-state index in [2.05, 4.69) is 12.1 Å². The molecule has 19 heavy (non-hydrogen) atoms. The monoisotopic (exact) mass is 260 g/mol. The first-order valence-corrected chi connectivity index (χ1v) is 6.42. The average molecular weight is 260 g/mol. The minimum atomic E-state index is 0.323. The molecule has 1 aliphatic rings. The lowest BCUT2D eigenvalue weighted by Crippen LogP contribution is -1.97. The molecule has 2 N–H and O–H groups in total. The van der Waals surface area contributed by atoms with Crippen molar-refractivity contribution in [1.82, 2.24) is 5.16 Å². The molecular formula is C14H16N2O3. The van der Waals surface area contributed by atoms with Crippen LogP contribution in [-0.2, 0) is 6.42 Å². The van der Waals surface area contributed by atoms with Crippen LogP contribution in [0.3, 0.4) is 0 Å². The van der Waals surface area contributed by atoms with Gasteiger partial charge in [-0.15, -0.1) is 0 Å². The summed E-state index contributed by atoms with van der Waals surface area (Å²) in [7, 11) is 0. The minimum Gasteiger partial charge on any atom is -0.490 e. The molecule has 5 heteroatoms. The van der Waals surface area contributed by atoms with Crippen molar-refractivity contribution in [1.29, 1.82) is 0 Å². The van der Waals surface area contributed by atoms with E-state index in [1.165, 1.54) is 0 Å². The molecule has 2 heterocycles. The van der Waals surface area contributed by atoms with Crippen molar-refractivity contribution in [3.8, 4) is 22.6 Å². The Morgan fingerprint density at radius 1 is 1.16 bits per heavy atom. The molecule has 1 aromatic carbocycles. The number of rotatable bonds is 2. The molecule has 0 amide bonds. The number of ether oxygens (including phenoxy) is 2. The lowest BCUT2D eigenvalue weighted by molar-refractivity contribution is 0.297. The number of hydrogen-bond acceptors (Lipinski definition) is 5. The Bertz CT molecular complexity index is 592. The summed E-state index contributed by atoms with van der Waals surface area (Å²) in [5, 5.41) is 3.73. The van der Waals surface area contributed by atoms with Crippen LogP contribution in [-0.4, -0.2) is 18.4 Å². The van der Waals surface area contributed by atoms with Crippen molar-refractivity contribution < 1.29 is 14.0 Å². The third-order valence-electron chi connectivity index (χ3n) is 3.24. The Balaban J connectivity index is 2.13. The topological polar surface area (TPSA) is 70.5 Å². The number of nitrogens with two attached hydrogens (primary N) is 1. The van der Waals surface area contributed by atoms with Crippen LogP contribution in [0.2, 0.25) is 0 Å². The molecule has 0 saturated heterocycles. The van der Waals surface area contributed by atoms with Gasteiger partial charge in [0.05, 0.1) is 25.0 Å². The normalized spacial score (nSPS) is 14.2. The third kappa shape index (κ3) is 2.12. The summed E-state index contributed by atoms with van der Waals surface area (Å²) in [5.74, 6) is 1.88. The van der Waals surface area contributed by atoms with Gasteiger partial charge in [-0.1, -0.05) is 12.1 Å². The Hall–Kier alpha value is -2.17. The van der Waals surface area contributed by atoms with E-state index >= 15 is 0 Å². The molecule has 0 fully saturated rings. The summed E-state index contributed by atoms with van der Waals surface area (Å²) < 4.78 is 16.4. The molecule has 0 bridgehead atoms. The molecule has 0 aliphatic carbocycles. The highest BCUT2D eigenvalue weighted by Gasteiger charge is 2.18. The van der Waals surface area contributed by atoms with Gasteiger partial charge in [0.1, 0.15) is 0 Å². The second kappa shape index (κ2) is 4.84. The van der Waals surface area contributed by atoms with Crippen LogP contribution in [0.15, 0.2) is 22.9 Å². The second-order valence-corrected chi connectivity index (χ2v) is 4.46. The van der Waals surface area contributed by atoms with E-state index in [0.29, 0.717) is 19.1 Å². The zero-order valence-electron chi connectivity index (χ0n) is 10.8. The van der Waals surface area contributed by atoms with E-state index in [1.807, 2.05) is 12.1 Å². The Kier molecular flexibility index (Phi) is 3.03. The zero-order chi connectivity index (χ0) is 13.2. The molecule has 0 spiro atoms. The van der Waals surface area contributed by atoms with Gasteiger partial charge < -0.3 is 19.7 Å². The van der Waals surface area contributed by atoms with Crippen LogP contribution in [0.5, 0.6) is 11.5 Å². The Morgan fingerprint density at radius 2 is 1.89 bits per heavy atom. The van der Waals surface area contributed by atoms with Crippen LogP contribution in [0.25, 0.3) is 11.1 Å². The van der Waals surface area contributed by atoms with Gasteiger partial charge >= 0.3 is 0 Å². The fraction of sp³-hybridized carbons (Fsp3) is 0.357. The molecule has 100 valence electrons. The van der Waals surface area contributed by atoms with Gasteiger partial charge in [0.15, 0.2) is 11.5 Å². The number of fused-ring (bicyclic) bond motifs is 1. The summed E-state index contributed by atoms with van der Waals surface area (Å²) in [6.07, 6.45) is 3.39. The summed E-state index contributed by atoms with van der Waals surface area (Å²) in [6.45, 7) is 3.44. The number of hydrogen-bond donors (Lipinski definition) is 1. The molecule has 3 rings (SSSR count). The number of benzene rings is 1. The molecule has 2 aromatic rings. The van der Waals surface area contributed by atoms with Crippen molar-refractivity contribution in [2.45, 2.75) is 19.8 Å². The highest BCUT2D eigenvalue weighted by molar-refractivity contribution is 5.77. The second-order valence-electron chi connectivity index (χ2n) is 4.46. The van der Waals surface area contributed by atoms with Gasteiger partial charge in [0, 0.05) is 6.42 Å². The van der Waals surface area contributed by atoms with Gasteiger partial charge in [-0.25, -0.2) is 0 Å². The van der Waals surface area contributed by atoms with Crippen LogP contribution >= 0.6 is 0 Å². The van der Waals surface area contributed by atoms with E-state index in [1.54, 1.807) is 6.20 Å². The van der Waals surface area contributed by atoms with Crippen molar-refractivity contribution in [2.24, 2.45) is 0 Å². The summed E-state index contributed by atoms with van der Waals surface area (Å²) in [4.78, 5) is 0. The van der Waals surface area contributed by atoms with Crippen molar-refractivity contribution in [3.05, 3.63) is 23.9 Å². The van der Waals surface area contributed by atoms with Crippen molar-refractivity contribution in [3.63, 3.8) is 0 Å². The van der Waals surface area contributed by atoms with E-state index in [0.717, 1.165) is 41.0 Å². The predicted molar refractivity (Wildman–Crippen MR) is 71.3 cm³/mol. The third-order valence-corrected chi connectivity index (χ3v) is 3.24. The van der Waals surface area contributed by atoms with E-state index < -0.39 is 0 Å². The maximum atomic E-state index is 5.80. The summed E-state index contributed by atoms with van der Waals surface area (Å²) in [6, 6.07) is 3.98. The van der Waals surface area contributed by atoms with Gasteiger partial charge in [-0.05, 0) is 29.7 Å². The Labute approximate surface area is 111 Å². The Morgan fingerprint density at radius 3 is 2.53 bits per heavy atom. The van der Waals surface area contributed by atoms with Gasteiger partial charge in [0.2, 0.25) is 5.88 Å². The van der Waals surface area contributed by atoms with Crippen LogP contribution < -0.4 is 15.2 Å². The molecule has 0 radical (unpaired) electrons. The van der Waals surface area contributed by atoms with Crippen molar-refractivity contribution >= 4 is 5.88 Å². The van der Waals surface area contributed by atoms with Gasteiger partial charge in [-0.3, -0.25) is 0 Å².